The minimum Gasteiger partial charge on any atom is -0.340 e. The maximum atomic E-state index is 13.6. The van der Waals surface area contributed by atoms with Crippen molar-refractivity contribution in [1.29, 1.82) is 0 Å². The highest BCUT2D eigenvalue weighted by molar-refractivity contribution is 7.91. The first-order valence-electron chi connectivity index (χ1n) is 12.6. The number of amides is 2. The molecule has 1 atom stereocenters. The number of hydrogen-bond donors (Lipinski definition) is 2. The number of anilines is 1. The maximum Gasteiger partial charge on any atom is 0.251 e. The van der Waals surface area contributed by atoms with Crippen LogP contribution in [0.2, 0.25) is 5.02 Å². The van der Waals surface area contributed by atoms with Crippen molar-refractivity contribution in [3.05, 3.63) is 107 Å². The normalized spacial score (nSPS) is 12.6. The smallest absolute Gasteiger partial charge is 0.251 e. The van der Waals surface area contributed by atoms with E-state index in [0.717, 1.165) is 5.56 Å². The largest absolute Gasteiger partial charge is 0.340 e. The molecule has 4 aromatic rings. The van der Waals surface area contributed by atoms with Crippen LogP contribution in [-0.2, 0) is 21.1 Å². The fourth-order valence-electron chi connectivity index (χ4n) is 4.43. The van der Waals surface area contributed by atoms with Gasteiger partial charge >= 0.3 is 0 Å². The second-order valence-electron chi connectivity index (χ2n) is 10.7. The van der Waals surface area contributed by atoms with E-state index in [1.807, 2.05) is 39.0 Å². The zero-order chi connectivity index (χ0) is 28.2. The first kappa shape index (κ1) is 28.3. The fraction of sp³-hybridized carbons (Fsp3) is 0.226. The van der Waals surface area contributed by atoms with Crippen LogP contribution in [0.5, 0.6) is 0 Å². The van der Waals surface area contributed by atoms with Gasteiger partial charge in [-0.15, -0.1) is 0 Å². The van der Waals surface area contributed by atoms with Crippen LogP contribution >= 0.6 is 11.6 Å². The number of rotatable bonds is 8. The van der Waals surface area contributed by atoms with Gasteiger partial charge in [0, 0.05) is 33.5 Å². The molecule has 0 aromatic heterocycles. The van der Waals surface area contributed by atoms with Gasteiger partial charge in [0.05, 0.1) is 10.6 Å². The Morgan fingerprint density at radius 3 is 2.13 bits per heavy atom. The van der Waals surface area contributed by atoms with Crippen LogP contribution in [0.15, 0.2) is 95.9 Å². The van der Waals surface area contributed by atoms with Crippen molar-refractivity contribution < 1.29 is 18.0 Å². The average molecular weight is 563 g/mol. The molecule has 8 heteroatoms. The summed E-state index contributed by atoms with van der Waals surface area (Å²) < 4.78 is 26.5. The van der Waals surface area contributed by atoms with Crippen molar-refractivity contribution in [3.8, 4) is 0 Å². The Balaban J connectivity index is 1.66. The molecule has 6 nitrogen and oxygen atoms in total. The maximum absolute atomic E-state index is 13.6. The van der Waals surface area contributed by atoms with Crippen molar-refractivity contribution in [2.24, 2.45) is 5.41 Å². The van der Waals surface area contributed by atoms with Gasteiger partial charge in [0.1, 0.15) is 6.04 Å². The number of sulfone groups is 1. The lowest BCUT2D eigenvalue weighted by Crippen LogP contribution is -2.45. The quantitative estimate of drug-likeness (QED) is 0.264. The molecule has 0 spiro atoms. The van der Waals surface area contributed by atoms with Gasteiger partial charge in [-0.2, -0.15) is 0 Å². The minimum atomic E-state index is -3.58. The molecule has 4 rings (SSSR count). The monoisotopic (exact) mass is 562 g/mol. The van der Waals surface area contributed by atoms with E-state index in [9.17, 15) is 18.0 Å². The number of carbonyl (C=O) groups excluding carboxylic acids is 2. The van der Waals surface area contributed by atoms with Gasteiger partial charge in [0.2, 0.25) is 5.91 Å². The molecule has 0 fully saturated rings. The average Bonchev–Trinajstić information content (AvgIpc) is 2.88. The molecular formula is C31H31ClN2O4S. The van der Waals surface area contributed by atoms with Crippen molar-refractivity contribution >= 4 is 49.7 Å². The molecular weight excluding hydrogens is 532 g/mol. The van der Waals surface area contributed by atoms with Gasteiger partial charge < -0.3 is 10.6 Å². The van der Waals surface area contributed by atoms with E-state index in [0.29, 0.717) is 27.0 Å². The number of fused-ring (bicyclic) bond motifs is 1. The van der Waals surface area contributed by atoms with Crippen LogP contribution in [0.3, 0.4) is 0 Å². The molecule has 0 saturated heterocycles. The SMILES string of the molecule is CC(C)(C)CS(=O)(=O)c1cccc2c(NC(=O)[C@H](Cc3ccc(Cl)cc3)NC(=O)c3ccccc3)cccc12. The number of hydrogen-bond acceptors (Lipinski definition) is 4. The highest BCUT2D eigenvalue weighted by Gasteiger charge is 2.26. The molecule has 0 unspecified atom stereocenters. The molecule has 0 aliphatic heterocycles. The van der Waals surface area contributed by atoms with Gasteiger partial charge in [0.25, 0.3) is 5.91 Å². The predicted molar refractivity (Wildman–Crippen MR) is 157 cm³/mol. The van der Waals surface area contributed by atoms with Crippen molar-refractivity contribution in [2.75, 3.05) is 11.1 Å². The van der Waals surface area contributed by atoms with Crippen LogP contribution in [0.1, 0.15) is 36.7 Å². The number of nitrogens with one attached hydrogen (secondary N) is 2. The zero-order valence-corrected chi connectivity index (χ0v) is 23.6. The summed E-state index contributed by atoms with van der Waals surface area (Å²) in [6.07, 6.45) is 0.234. The summed E-state index contributed by atoms with van der Waals surface area (Å²) in [4.78, 5) is 26.8. The number of benzene rings is 4. The van der Waals surface area contributed by atoms with Crippen LogP contribution in [0.4, 0.5) is 5.69 Å². The summed E-state index contributed by atoms with van der Waals surface area (Å²) in [5, 5.41) is 7.47. The minimum absolute atomic E-state index is 0.00954. The summed E-state index contributed by atoms with van der Waals surface area (Å²) in [5.41, 5.74) is 1.30. The Hall–Kier alpha value is -3.68. The van der Waals surface area contributed by atoms with Gasteiger partial charge in [-0.1, -0.05) is 87.0 Å². The van der Waals surface area contributed by atoms with Crippen LogP contribution in [-0.4, -0.2) is 32.0 Å². The summed E-state index contributed by atoms with van der Waals surface area (Å²) in [5.74, 6) is -0.812. The summed E-state index contributed by atoms with van der Waals surface area (Å²) >= 11 is 6.03. The third-order valence-electron chi connectivity index (χ3n) is 6.11. The highest BCUT2D eigenvalue weighted by atomic mass is 35.5. The fourth-order valence-corrected chi connectivity index (χ4v) is 6.65. The molecule has 0 bridgehead atoms. The molecule has 4 aromatic carbocycles. The predicted octanol–water partition coefficient (Wildman–Crippen LogP) is 6.29. The van der Waals surface area contributed by atoms with Crippen molar-refractivity contribution in [1.82, 2.24) is 5.32 Å². The molecule has 2 N–H and O–H groups in total. The Bertz CT molecular complexity index is 1600. The lowest BCUT2D eigenvalue weighted by Gasteiger charge is -2.21. The molecule has 2 amide bonds. The van der Waals surface area contributed by atoms with E-state index in [1.54, 1.807) is 72.8 Å². The van der Waals surface area contributed by atoms with Crippen LogP contribution < -0.4 is 10.6 Å². The molecule has 39 heavy (non-hydrogen) atoms. The van der Waals surface area contributed by atoms with E-state index in [2.05, 4.69) is 10.6 Å². The summed E-state index contributed by atoms with van der Waals surface area (Å²) in [7, 11) is -3.58. The molecule has 0 saturated carbocycles. The molecule has 0 heterocycles. The van der Waals surface area contributed by atoms with E-state index in [-0.39, 0.29) is 23.0 Å². The van der Waals surface area contributed by atoms with Gasteiger partial charge in [-0.3, -0.25) is 9.59 Å². The number of halogens is 1. The zero-order valence-electron chi connectivity index (χ0n) is 22.1. The van der Waals surface area contributed by atoms with E-state index in [1.165, 1.54) is 0 Å². The topological polar surface area (TPSA) is 92.3 Å². The van der Waals surface area contributed by atoms with Crippen molar-refractivity contribution in [2.45, 2.75) is 38.1 Å². The molecule has 0 aliphatic rings. The first-order valence-corrected chi connectivity index (χ1v) is 14.6. The van der Waals surface area contributed by atoms with E-state index >= 15 is 0 Å². The standard InChI is InChI=1S/C31H31ClN2O4S/c1-31(2,3)20-39(37,38)28-14-8-11-24-25(28)12-7-13-26(24)33-30(36)27(19-21-15-17-23(32)18-16-21)34-29(35)22-9-5-4-6-10-22/h4-18,27H,19-20H2,1-3H3,(H,33,36)(H,34,35)/t27-/m0/s1. The van der Waals surface area contributed by atoms with Crippen LogP contribution in [0.25, 0.3) is 10.8 Å². The Kier molecular flexibility index (Phi) is 8.42. The van der Waals surface area contributed by atoms with E-state index in [4.69, 9.17) is 11.6 Å². The van der Waals surface area contributed by atoms with Gasteiger partial charge in [0.15, 0.2) is 9.84 Å². The second kappa shape index (κ2) is 11.6. The third-order valence-corrected chi connectivity index (χ3v) is 8.63. The lowest BCUT2D eigenvalue weighted by molar-refractivity contribution is -0.118. The van der Waals surface area contributed by atoms with E-state index < -0.39 is 27.2 Å². The van der Waals surface area contributed by atoms with Crippen LogP contribution in [0, 0.1) is 5.41 Å². The van der Waals surface area contributed by atoms with Gasteiger partial charge in [-0.05, 0) is 47.4 Å². The Labute approximate surface area is 234 Å². The third kappa shape index (κ3) is 7.25. The Morgan fingerprint density at radius 2 is 1.46 bits per heavy atom. The highest BCUT2D eigenvalue weighted by Crippen LogP contribution is 2.32. The first-order chi connectivity index (χ1) is 18.4. The second-order valence-corrected chi connectivity index (χ2v) is 13.1. The molecule has 202 valence electrons. The Morgan fingerprint density at radius 1 is 0.821 bits per heavy atom. The lowest BCUT2D eigenvalue weighted by atomic mass is 10.0. The molecule has 0 aliphatic carbocycles. The summed E-state index contributed by atoms with van der Waals surface area (Å²) in [6.45, 7) is 5.64. The molecule has 0 radical (unpaired) electrons. The number of carbonyl (C=O) groups is 2. The van der Waals surface area contributed by atoms with Gasteiger partial charge in [-0.25, -0.2) is 8.42 Å². The summed E-state index contributed by atoms with van der Waals surface area (Å²) in [6, 6.07) is 25.1. The van der Waals surface area contributed by atoms with Crippen molar-refractivity contribution in [3.63, 3.8) is 0 Å².